The minimum Gasteiger partial charge on any atom is -0.496 e. The van der Waals surface area contributed by atoms with Crippen LogP contribution in [-0.4, -0.2) is 18.0 Å². The number of methoxy groups -OCH3 is 1. The molecule has 0 unspecified atom stereocenters. The first-order valence-corrected chi connectivity index (χ1v) is 7.41. The molecule has 0 saturated carbocycles. The number of carbonyl (C=O) groups is 1. The molecule has 1 aromatic heterocycles. The van der Waals surface area contributed by atoms with Crippen molar-refractivity contribution in [3.63, 3.8) is 0 Å². The minimum absolute atomic E-state index is 0.198. The predicted molar refractivity (Wildman–Crippen MR) is 92.2 cm³/mol. The molecule has 2 aromatic carbocycles. The second-order valence-electron chi connectivity index (χ2n) is 5.49. The number of hydrogen-bond donors (Lipinski definition) is 1. The van der Waals surface area contributed by atoms with E-state index in [2.05, 4.69) is 10.3 Å². The number of rotatable bonds is 3. The highest BCUT2D eigenvalue weighted by atomic mass is 16.5. The van der Waals surface area contributed by atoms with Crippen molar-refractivity contribution in [3.8, 4) is 5.75 Å². The third kappa shape index (κ3) is 3.01. The molecule has 3 aromatic rings. The second kappa shape index (κ2) is 6.08. The van der Waals surface area contributed by atoms with Crippen LogP contribution in [0.5, 0.6) is 5.75 Å². The lowest BCUT2D eigenvalue weighted by Gasteiger charge is -2.12. The Morgan fingerprint density at radius 1 is 1.09 bits per heavy atom. The number of anilines is 1. The van der Waals surface area contributed by atoms with Crippen molar-refractivity contribution in [2.75, 3.05) is 12.4 Å². The summed E-state index contributed by atoms with van der Waals surface area (Å²) in [5.74, 6) is 0.354. The number of hydrogen-bond acceptors (Lipinski definition) is 3. The minimum atomic E-state index is -0.198. The fourth-order valence-corrected chi connectivity index (χ4v) is 2.60. The van der Waals surface area contributed by atoms with Crippen LogP contribution in [0, 0.1) is 13.8 Å². The van der Waals surface area contributed by atoms with Crippen LogP contribution in [0.15, 0.2) is 48.5 Å². The summed E-state index contributed by atoms with van der Waals surface area (Å²) < 4.78 is 5.26. The van der Waals surface area contributed by atoms with Crippen molar-refractivity contribution >= 4 is 22.5 Å². The van der Waals surface area contributed by atoms with Crippen LogP contribution in [0.3, 0.4) is 0 Å². The fourth-order valence-electron chi connectivity index (χ4n) is 2.60. The van der Waals surface area contributed by atoms with Gasteiger partial charge in [0.2, 0.25) is 0 Å². The molecular formula is C19H18N2O2. The van der Waals surface area contributed by atoms with Gasteiger partial charge in [-0.05, 0) is 44.2 Å². The van der Waals surface area contributed by atoms with E-state index in [0.717, 1.165) is 27.8 Å². The number of nitrogens with one attached hydrogen (secondary N) is 1. The van der Waals surface area contributed by atoms with Crippen molar-refractivity contribution < 1.29 is 9.53 Å². The Balaban J connectivity index is 2.04. The van der Waals surface area contributed by atoms with E-state index >= 15 is 0 Å². The van der Waals surface area contributed by atoms with Crippen LogP contribution >= 0.6 is 0 Å². The first-order valence-electron chi connectivity index (χ1n) is 7.41. The Labute approximate surface area is 135 Å². The maximum atomic E-state index is 12.6. The van der Waals surface area contributed by atoms with E-state index in [1.165, 1.54) is 0 Å². The third-order valence-electron chi connectivity index (χ3n) is 3.69. The van der Waals surface area contributed by atoms with Gasteiger partial charge in [0.15, 0.2) is 0 Å². The summed E-state index contributed by atoms with van der Waals surface area (Å²) in [5.41, 5.74) is 4.11. The van der Waals surface area contributed by atoms with E-state index in [4.69, 9.17) is 4.74 Å². The maximum Gasteiger partial charge on any atom is 0.259 e. The lowest BCUT2D eigenvalue weighted by Crippen LogP contribution is -2.13. The molecular weight excluding hydrogens is 288 g/mol. The Morgan fingerprint density at radius 2 is 1.87 bits per heavy atom. The highest BCUT2D eigenvalue weighted by Crippen LogP contribution is 2.26. The van der Waals surface area contributed by atoms with E-state index in [9.17, 15) is 4.79 Å². The molecule has 0 aliphatic rings. The molecule has 0 aliphatic heterocycles. The van der Waals surface area contributed by atoms with Crippen LogP contribution < -0.4 is 10.1 Å². The lowest BCUT2D eigenvalue weighted by molar-refractivity contribution is 0.102. The van der Waals surface area contributed by atoms with Crippen molar-refractivity contribution in [1.29, 1.82) is 0 Å². The van der Waals surface area contributed by atoms with E-state index in [1.807, 2.05) is 50.2 Å². The van der Waals surface area contributed by atoms with Gasteiger partial charge in [0.1, 0.15) is 5.75 Å². The highest BCUT2D eigenvalue weighted by molar-refractivity contribution is 6.10. The van der Waals surface area contributed by atoms with Gasteiger partial charge in [0.25, 0.3) is 5.91 Å². The molecule has 1 amide bonds. The number of aromatic nitrogens is 1. The average Bonchev–Trinajstić information content (AvgIpc) is 2.55. The Bertz CT molecular complexity index is 888. The molecule has 1 heterocycles. The summed E-state index contributed by atoms with van der Waals surface area (Å²) in [6, 6.07) is 15.1. The summed E-state index contributed by atoms with van der Waals surface area (Å²) in [4.78, 5) is 17.1. The number of ether oxygens (including phenoxy) is 1. The summed E-state index contributed by atoms with van der Waals surface area (Å²) >= 11 is 0. The Kier molecular flexibility index (Phi) is 3.98. The second-order valence-corrected chi connectivity index (χ2v) is 5.49. The molecule has 116 valence electrons. The fraction of sp³-hybridized carbons (Fsp3) is 0.158. The first kappa shape index (κ1) is 15.0. The molecule has 3 rings (SSSR count). The SMILES string of the molecule is COc1ccccc1C(=O)Nc1cc(C)nc2ccc(C)cc12. The molecule has 0 bridgehead atoms. The summed E-state index contributed by atoms with van der Waals surface area (Å²) in [6.45, 7) is 3.93. The average molecular weight is 306 g/mol. The zero-order valence-electron chi connectivity index (χ0n) is 13.4. The van der Waals surface area contributed by atoms with Crippen molar-refractivity contribution in [2.45, 2.75) is 13.8 Å². The molecule has 0 atom stereocenters. The molecule has 0 aliphatic carbocycles. The number of nitrogens with zero attached hydrogens (tertiary/aromatic N) is 1. The smallest absolute Gasteiger partial charge is 0.259 e. The standard InChI is InChI=1S/C19H18N2O2/c1-12-8-9-16-15(10-12)17(11-13(2)20-16)21-19(22)14-6-4-5-7-18(14)23-3/h4-11H,1-3H3,(H,20,21,22). The highest BCUT2D eigenvalue weighted by Gasteiger charge is 2.13. The van der Waals surface area contributed by atoms with Gasteiger partial charge in [0, 0.05) is 11.1 Å². The zero-order chi connectivity index (χ0) is 16.4. The number of benzene rings is 2. The monoisotopic (exact) mass is 306 g/mol. The lowest BCUT2D eigenvalue weighted by atomic mass is 10.1. The van der Waals surface area contributed by atoms with Crippen LogP contribution in [-0.2, 0) is 0 Å². The Morgan fingerprint density at radius 3 is 2.65 bits per heavy atom. The molecule has 23 heavy (non-hydrogen) atoms. The molecule has 1 N–H and O–H groups in total. The largest absolute Gasteiger partial charge is 0.496 e. The van der Waals surface area contributed by atoms with Crippen LogP contribution in [0.25, 0.3) is 10.9 Å². The van der Waals surface area contributed by atoms with Gasteiger partial charge in [-0.25, -0.2) is 0 Å². The number of pyridine rings is 1. The molecule has 0 saturated heterocycles. The van der Waals surface area contributed by atoms with Gasteiger partial charge in [-0.2, -0.15) is 0 Å². The normalized spacial score (nSPS) is 10.6. The zero-order valence-corrected chi connectivity index (χ0v) is 13.4. The molecule has 4 nitrogen and oxygen atoms in total. The van der Waals surface area contributed by atoms with Gasteiger partial charge in [0.05, 0.1) is 23.9 Å². The van der Waals surface area contributed by atoms with Crippen LogP contribution in [0.1, 0.15) is 21.6 Å². The summed E-state index contributed by atoms with van der Waals surface area (Å²) in [6.07, 6.45) is 0. The van der Waals surface area contributed by atoms with E-state index in [-0.39, 0.29) is 5.91 Å². The predicted octanol–water partition coefficient (Wildman–Crippen LogP) is 4.11. The third-order valence-corrected chi connectivity index (χ3v) is 3.69. The van der Waals surface area contributed by atoms with E-state index in [1.54, 1.807) is 19.2 Å². The number of aryl methyl sites for hydroxylation is 2. The number of carbonyl (C=O) groups excluding carboxylic acids is 1. The topological polar surface area (TPSA) is 51.2 Å². The van der Waals surface area contributed by atoms with Crippen LogP contribution in [0.4, 0.5) is 5.69 Å². The van der Waals surface area contributed by atoms with Crippen molar-refractivity contribution in [1.82, 2.24) is 4.98 Å². The maximum absolute atomic E-state index is 12.6. The van der Waals surface area contributed by atoms with E-state index in [0.29, 0.717) is 11.3 Å². The van der Waals surface area contributed by atoms with Gasteiger partial charge in [-0.1, -0.05) is 23.8 Å². The molecule has 0 fully saturated rings. The van der Waals surface area contributed by atoms with Crippen molar-refractivity contribution in [3.05, 3.63) is 65.4 Å². The number of amides is 1. The Hall–Kier alpha value is -2.88. The number of fused-ring (bicyclic) bond motifs is 1. The van der Waals surface area contributed by atoms with Crippen molar-refractivity contribution in [2.24, 2.45) is 0 Å². The van der Waals surface area contributed by atoms with E-state index < -0.39 is 0 Å². The quantitative estimate of drug-likeness (QED) is 0.792. The van der Waals surface area contributed by atoms with Gasteiger partial charge in [-0.3, -0.25) is 9.78 Å². The summed E-state index contributed by atoms with van der Waals surface area (Å²) in [5, 5.41) is 3.91. The number of para-hydroxylation sites is 1. The van der Waals surface area contributed by atoms with Gasteiger partial charge in [-0.15, -0.1) is 0 Å². The van der Waals surface area contributed by atoms with Gasteiger partial charge < -0.3 is 10.1 Å². The first-order chi connectivity index (χ1) is 11.1. The van der Waals surface area contributed by atoms with Gasteiger partial charge >= 0.3 is 0 Å². The molecule has 0 radical (unpaired) electrons. The summed E-state index contributed by atoms with van der Waals surface area (Å²) in [7, 11) is 1.56. The van der Waals surface area contributed by atoms with Crippen LogP contribution in [0.2, 0.25) is 0 Å². The molecule has 4 heteroatoms. The molecule has 0 spiro atoms.